The molecule has 0 spiro atoms. The smallest absolute Gasteiger partial charge is 0.193 e. The molecule has 0 aliphatic carbocycles. The Bertz CT molecular complexity index is 272. The molecular weight excluding hydrogens is 344 g/mol. The van der Waals surface area contributed by atoms with Gasteiger partial charge >= 0.3 is 0 Å². The maximum absolute atomic E-state index is 6.61. The van der Waals surface area contributed by atoms with E-state index in [0.717, 1.165) is 17.8 Å². The molecule has 0 bridgehead atoms. The van der Waals surface area contributed by atoms with Crippen LogP contribution in [0.15, 0.2) is 0 Å². The van der Waals surface area contributed by atoms with Crippen LogP contribution in [0.3, 0.4) is 0 Å². The molecule has 0 aliphatic heterocycles. The van der Waals surface area contributed by atoms with E-state index in [0.29, 0.717) is 0 Å². The van der Waals surface area contributed by atoms with Gasteiger partial charge in [0.05, 0.1) is 0 Å². The third-order valence-corrected chi connectivity index (χ3v) is 11.9. The summed E-state index contributed by atoms with van der Waals surface area (Å²) in [6, 6.07) is 4.27. The summed E-state index contributed by atoms with van der Waals surface area (Å²) in [6.45, 7) is 14.3. The molecule has 0 radical (unpaired) electrons. The van der Waals surface area contributed by atoms with Crippen molar-refractivity contribution in [3.05, 3.63) is 0 Å². The van der Waals surface area contributed by atoms with Gasteiger partial charge in [-0.05, 0) is 35.9 Å². The fourth-order valence-electron chi connectivity index (χ4n) is 4.91. The van der Waals surface area contributed by atoms with Crippen LogP contribution in [0.25, 0.3) is 0 Å². The van der Waals surface area contributed by atoms with E-state index in [1.807, 2.05) is 0 Å². The lowest BCUT2D eigenvalue weighted by molar-refractivity contribution is 0.333. The molecule has 0 amide bonds. The number of unbranched alkanes of at least 4 members (excludes halogenated alkanes) is 3. The SMILES string of the molecule is CCCCC(CC)C[Si](CC(CC)CCCC)(CC(CC)CCCC)OC. The second-order valence-electron chi connectivity index (χ2n) is 9.25. The highest BCUT2D eigenvalue weighted by atomic mass is 28.4. The van der Waals surface area contributed by atoms with Gasteiger partial charge in [0, 0.05) is 7.11 Å². The van der Waals surface area contributed by atoms with Crippen molar-refractivity contribution in [1.29, 1.82) is 0 Å². The summed E-state index contributed by atoms with van der Waals surface area (Å²) in [6.07, 6.45) is 16.5. The Morgan fingerprint density at radius 2 is 0.852 bits per heavy atom. The lowest BCUT2D eigenvalue weighted by Crippen LogP contribution is -2.43. The molecule has 0 saturated carbocycles. The van der Waals surface area contributed by atoms with Crippen LogP contribution >= 0.6 is 0 Å². The fourth-order valence-corrected chi connectivity index (χ4v) is 10.5. The lowest BCUT2D eigenvalue weighted by atomic mass is 10.0. The second kappa shape index (κ2) is 17.1. The Labute approximate surface area is 174 Å². The van der Waals surface area contributed by atoms with Crippen molar-refractivity contribution in [2.45, 2.75) is 137 Å². The highest BCUT2D eigenvalue weighted by molar-refractivity contribution is 6.74. The molecule has 0 aliphatic rings. The van der Waals surface area contributed by atoms with E-state index < -0.39 is 8.32 Å². The predicted octanol–water partition coefficient (Wildman–Crippen LogP) is 9.23. The van der Waals surface area contributed by atoms with Gasteiger partial charge in [0.15, 0.2) is 8.32 Å². The molecule has 0 aromatic heterocycles. The summed E-state index contributed by atoms with van der Waals surface area (Å²) in [5, 5.41) is 0. The minimum atomic E-state index is -1.67. The van der Waals surface area contributed by atoms with E-state index in [9.17, 15) is 0 Å². The maximum atomic E-state index is 6.61. The first-order valence-electron chi connectivity index (χ1n) is 12.6. The van der Waals surface area contributed by atoms with Crippen molar-refractivity contribution in [2.75, 3.05) is 7.11 Å². The van der Waals surface area contributed by atoms with Crippen molar-refractivity contribution in [2.24, 2.45) is 17.8 Å². The lowest BCUT2D eigenvalue weighted by Gasteiger charge is -2.38. The first-order chi connectivity index (χ1) is 13.0. The molecule has 2 heteroatoms. The first kappa shape index (κ1) is 27.2. The van der Waals surface area contributed by atoms with Gasteiger partial charge < -0.3 is 4.43 Å². The third kappa shape index (κ3) is 11.7. The Kier molecular flexibility index (Phi) is 17.2. The van der Waals surface area contributed by atoms with Crippen molar-refractivity contribution in [3.8, 4) is 0 Å². The monoisotopic (exact) mass is 398 g/mol. The number of hydrogen-bond acceptors (Lipinski definition) is 1. The molecule has 0 saturated heterocycles. The molecule has 0 rings (SSSR count). The fraction of sp³-hybridized carbons (Fsp3) is 1.00. The van der Waals surface area contributed by atoms with Crippen LogP contribution in [0.4, 0.5) is 0 Å². The summed E-state index contributed by atoms with van der Waals surface area (Å²) in [5.74, 6) is 2.68. The van der Waals surface area contributed by atoms with Gasteiger partial charge in [-0.2, -0.15) is 0 Å². The third-order valence-electron chi connectivity index (χ3n) is 7.04. The Morgan fingerprint density at radius 3 is 1.04 bits per heavy atom. The topological polar surface area (TPSA) is 9.23 Å². The average Bonchev–Trinajstić information content (AvgIpc) is 2.70. The molecular formula is C25H54OSi. The minimum absolute atomic E-state index is 0.893. The summed E-state index contributed by atoms with van der Waals surface area (Å²) < 4.78 is 6.61. The van der Waals surface area contributed by atoms with Gasteiger partial charge in [-0.25, -0.2) is 0 Å². The van der Waals surface area contributed by atoms with Crippen LogP contribution in [0.1, 0.15) is 119 Å². The summed E-state index contributed by atoms with van der Waals surface area (Å²) in [5.41, 5.74) is 0. The van der Waals surface area contributed by atoms with E-state index >= 15 is 0 Å². The van der Waals surface area contributed by atoms with Crippen LogP contribution in [0.2, 0.25) is 18.1 Å². The van der Waals surface area contributed by atoms with Gasteiger partial charge in [-0.15, -0.1) is 0 Å². The maximum Gasteiger partial charge on any atom is 0.193 e. The van der Waals surface area contributed by atoms with Gasteiger partial charge in [-0.3, -0.25) is 0 Å². The van der Waals surface area contributed by atoms with Crippen LogP contribution in [-0.2, 0) is 4.43 Å². The van der Waals surface area contributed by atoms with Gasteiger partial charge in [0.25, 0.3) is 0 Å². The molecule has 0 aromatic rings. The van der Waals surface area contributed by atoms with E-state index in [-0.39, 0.29) is 0 Å². The Hall–Kier alpha value is 0.177. The largest absolute Gasteiger partial charge is 0.420 e. The average molecular weight is 399 g/mol. The van der Waals surface area contributed by atoms with E-state index in [1.165, 1.54) is 95.2 Å². The zero-order valence-corrected chi connectivity index (χ0v) is 21.2. The van der Waals surface area contributed by atoms with Crippen molar-refractivity contribution in [1.82, 2.24) is 0 Å². The Balaban J connectivity index is 5.35. The molecule has 27 heavy (non-hydrogen) atoms. The predicted molar refractivity (Wildman–Crippen MR) is 127 cm³/mol. The summed E-state index contributed by atoms with van der Waals surface area (Å²) in [7, 11) is 0.410. The van der Waals surface area contributed by atoms with Gasteiger partial charge in [0.1, 0.15) is 0 Å². The molecule has 164 valence electrons. The highest BCUT2D eigenvalue weighted by Gasteiger charge is 2.39. The van der Waals surface area contributed by atoms with Crippen LogP contribution in [-0.4, -0.2) is 15.4 Å². The first-order valence-corrected chi connectivity index (χ1v) is 15.1. The quantitative estimate of drug-likeness (QED) is 0.197. The normalized spacial score (nSPS) is 17.4. The zero-order valence-electron chi connectivity index (χ0n) is 20.2. The zero-order chi connectivity index (χ0) is 20.5. The summed E-state index contributed by atoms with van der Waals surface area (Å²) in [4.78, 5) is 0. The molecule has 3 atom stereocenters. The molecule has 0 fully saturated rings. The highest BCUT2D eigenvalue weighted by Crippen LogP contribution is 2.39. The van der Waals surface area contributed by atoms with Crippen LogP contribution < -0.4 is 0 Å². The van der Waals surface area contributed by atoms with Crippen LogP contribution in [0, 0.1) is 17.8 Å². The van der Waals surface area contributed by atoms with Crippen molar-refractivity contribution < 1.29 is 4.43 Å². The van der Waals surface area contributed by atoms with Crippen molar-refractivity contribution >= 4 is 8.32 Å². The van der Waals surface area contributed by atoms with E-state index in [4.69, 9.17) is 4.43 Å². The van der Waals surface area contributed by atoms with Gasteiger partial charge in [-0.1, -0.05) is 119 Å². The van der Waals surface area contributed by atoms with Gasteiger partial charge in [0.2, 0.25) is 0 Å². The van der Waals surface area contributed by atoms with E-state index in [2.05, 4.69) is 48.7 Å². The Morgan fingerprint density at radius 1 is 0.556 bits per heavy atom. The number of hydrogen-bond donors (Lipinski definition) is 0. The molecule has 0 heterocycles. The van der Waals surface area contributed by atoms with Crippen molar-refractivity contribution in [3.63, 3.8) is 0 Å². The molecule has 0 aromatic carbocycles. The molecule has 3 unspecified atom stereocenters. The molecule has 0 N–H and O–H groups in total. The number of rotatable bonds is 19. The van der Waals surface area contributed by atoms with Crippen LogP contribution in [0.5, 0.6) is 0 Å². The minimum Gasteiger partial charge on any atom is -0.420 e. The second-order valence-corrected chi connectivity index (χ2v) is 13.2. The standard InChI is InChI=1S/C25H54OSi/c1-8-14-17-23(11-4)20-27(26-7,21-24(12-5)18-15-9-2)22-25(13-6)19-16-10-3/h23-25H,8-22H2,1-7H3. The summed E-state index contributed by atoms with van der Waals surface area (Å²) >= 11 is 0. The van der Waals surface area contributed by atoms with E-state index in [1.54, 1.807) is 0 Å². The molecule has 1 nitrogen and oxygen atoms in total.